The summed E-state index contributed by atoms with van der Waals surface area (Å²) in [6, 6.07) is 0.484. The number of likely N-dealkylation sites (tertiary alicyclic amines) is 2. The standard InChI is InChI=1S/C19H31N3OS/c1-14(2)11-21-10-8-17-16(12-21)5-4-9-22(17)19(23)7-6-18-15(3)20-13-24-18/h13-14,16-17H,4-12H2,1-3H3/t16-,17+/m1/s1. The van der Waals surface area contributed by atoms with Crippen LogP contribution in [0.5, 0.6) is 0 Å². The van der Waals surface area contributed by atoms with Crippen LogP contribution in [0.1, 0.15) is 50.1 Å². The fourth-order valence-corrected chi connectivity index (χ4v) is 5.18. The van der Waals surface area contributed by atoms with E-state index in [1.807, 2.05) is 12.4 Å². The van der Waals surface area contributed by atoms with Crippen LogP contribution in [-0.4, -0.2) is 52.9 Å². The Bertz CT molecular complexity index is 557. The van der Waals surface area contributed by atoms with Gasteiger partial charge >= 0.3 is 0 Å². The summed E-state index contributed by atoms with van der Waals surface area (Å²) < 4.78 is 0. The van der Waals surface area contributed by atoms with Crippen LogP contribution in [0.3, 0.4) is 0 Å². The van der Waals surface area contributed by atoms with E-state index in [2.05, 4.69) is 28.6 Å². The highest BCUT2D eigenvalue weighted by Gasteiger charge is 2.37. The molecule has 0 bridgehead atoms. The number of thiazole rings is 1. The van der Waals surface area contributed by atoms with Crippen LogP contribution in [0.15, 0.2) is 5.51 Å². The summed E-state index contributed by atoms with van der Waals surface area (Å²) in [6.07, 6.45) is 5.10. The lowest BCUT2D eigenvalue weighted by Crippen LogP contribution is -2.56. The fraction of sp³-hybridized carbons (Fsp3) is 0.789. The molecule has 24 heavy (non-hydrogen) atoms. The number of fused-ring (bicyclic) bond motifs is 1. The van der Waals surface area contributed by atoms with Crippen LogP contribution in [0.4, 0.5) is 0 Å². The molecule has 0 spiro atoms. The first-order valence-corrected chi connectivity index (χ1v) is 10.3. The normalized spacial score (nSPS) is 25.1. The number of carbonyl (C=O) groups excluding carboxylic acids is 1. The van der Waals surface area contributed by atoms with Crippen LogP contribution in [-0.2, 0) is 11.2 Å². The number of hydrogen-bond donors (Lipinski definition) is 0. The predicted molar refractivity (Wildman–Crippen MR) is 99.3 cm³/mol. The molecule has 0 aromatic carbocycles. The summed E-state index contributed by atoms with van der Waals surface area (Å²) in [7, 11) is 0. The molecule has 0 N–H and O–H groups in total. The maximum absolute atomic E-state index is 12.8. The molecular formula is C19H31N3OS. The summed E-state index contributed by atoms with van der Waals surface area (Å²) in [5.41, 5.74) is 2.97. The average Bonchev–Trinajstić information content (AvgIpc) is 2.96. The second kappa shape index (κ2) is 7.96. The molecule has 1 amide bonds. The molecule has 3 heterocycles. The van der Waals surface area contributed by atoms with Gasteiger partial charge in [-0.3, -0.25) is 4.79 Å². The molecule has 1 aromatic heterocycles. The van der Waals surface area contributed by atoms with E-state index in [9.17, 15) is 4.79 Å². The molecule has 2 aliphatic rings. The maximum atomic E-state index is 12.8. The summed E-state index contributed by atoms with van der Waals surface area (Å²) in [4.78, 5) is 23.2. The highest BCUT2D eigenvalue weighted by molar-refractivity contribution is 7.09. The minimum absolute atomic E-state index is 0.356. The fourth-order valence-electron chi connectivity index (χ4n) is 4.40. The van der Waals surface area contributed by atoms with E-state index in [1.165, 1.54) is 30.8 Å². The van der Waals surface area contributed by atoms with Crippen molar-refractivity contribution < 1.29 is 4.79 Å². The lowest BCUT2D eigenvalue weighted by Gasteiger charge is -2.47. The van der Waals surface area contributed by atoms with Crippen molar-refractivity contribution in [3.8, 4) is 0 Å². The number of aromatic nitrogens is 1. The molecule has 0 saturated carbocycles. The molecule has 0 unspecified atom stereocenters. The Kier molecular flexibility index (Phi) is 5.93. The van der Waals surface area contributed by atoms with E-state index in [-0.39, 0.29) is 0 Å². The first-order chi connectivity index (χ1) is 11.5. The van der Waals surface area contributed by atoms with Crippen molar-refractivity contribution in [2.75, 3.05) is 26.2 Å². The molecule has 134 valence electrons. The highest BCUT2D eigenvalue weighted by atomic mass is 32.1. The third kappa shape index (κ3) is 4.17. The Labute approximate surface area is 150 Å². The van der Waals surface area contributed by atoms with E-state index in [1.54, 1.807) is 11.3 Å². The van der Waals surface area contributed by atoms with E-state index < -0.39 is 0 Å². The minimum Gasteiger partial charge on any atom is -0.339 e. The summed E-state index contributed by atoms with van der Waals surface area (Å²) >= 11 is 1.68. The molecule has 4 nitrogen and oxygen atoms in total. The Morgan fingerprint density at radius 1 is 1.38 bits per heavy atom. The van der Waals surface area contributed by atoms with Crippen molar-refractivity contribution in [1.82, 2.24) is 14.8 Å². The van der Waals surface area contributed by atoms with E-state index in [4.69, 9.17) is 0 Å². The SMILES string of the molecule is Cc1ncsc1CCC(=O)N1CCC[C@@H]2CN(CC(C)C)CC[C@@H]21. The first-order valence-electron chi connectivity index (χ1n) is 9.45. The van der Waals surface area contributed by atoms with E-state index in [0.717, 1.165) is 37.5 Å². The van der Waals surface area contributed by atoms with Crippen LogP contribution >= 0.6 is 11.3 Å². The van der Waals surface area contributed by atoms with Crippen LogP contribution in [0.2, 0.25) is 0 Å². The Morgan fingerprint density at radius 3 is 2.92 bits per heavy atom. The van der Waals surface area contributed by atoms with Crippen molar-refractivity contribution in [2.45, 2.75) is 58.9 Å². The van der Waals surface area contributed by atoms with Crippen molar-refractivity contribution in [2.24, 2.45) is 11.8 Å². The molecule has 3 rings (SSSR count). The molecule has 1 aromatic rings. The molecule has 2 atom stereocenters. The van der Waals surface area contributed by atoms with E-state index >= 15 is 0 Å². The van der Waals surface area contributed by atoms with Gasteiger partial charge in [0.2, 0.25) is 5.91 Å². The Hall–Kier alpha value is -0.940. The molecule has 5 heteroatoms. The lowest BCUT2D eigenvalue weighted by atomic mass is 9.83. The maximum Gasteiger partial charge on any atom is 0.223 e. The van der Waals surface area contributed by atoms with Gasteiger partial charge in [-0.05, 0) is 44.4 Å². The van der Waals surface area contributed by atoms with Crippen molar-refractivity contribution in [1.29, 1.82) is 0 Å². The molecular weight excluding hydrogens is 318 g/mol. The number of aryl methyl sites for hydroxylation is 2. The van der Waals surface area contributed by atoms with Crippen molar-refractivity contribution in [3.63, 3.8) is 0 Å². The zero-order valence-electron chi connectivity index (χ0n) is 15.3. The minimum atomic E-state index is 0.356. The Balaban J connectivity index is 1.56. The molecule has 0 aliphatic carbocycles. The number of piperidine rings is 2. The van der Waals surface area contributed by atoms with Gasteiger partial charge in [0.1, 0.15) is 0 Å². The Morgan fingerprint density at radius 2 is 2.21 bits per heavy atom. The van der Waals surface area contributed by atoms with Gasteiger partial charge in [0.25, 0.3) is 0 Å². The van der Waals surface area contributed by atoms with Crippen LogP contribution in [0, 0.1) is 18.8 Å². The lowest BCUT2D eigenvalue weighted by molar-refractivity contribution is -0.138. The first kappa shape index (κ1) is 17.9. The second-order valence-electron chi connectivity index (χ2n) is 7.86. The molecule has 2 aliphatic heterocycles. The highest BCUT2D eigenvalue weighted by Crippen LogP contribution is 2.31. The number of amides is 1. The molecule has 0 radical (unpaired) electrons. The van der Waals surface area contributed by atoms with Gasteiger partial charge < -0.3 is 9.80 Å². The number of nitrogens with zero attached hydrogens (tertiary/aromatic N) is 3. The topological polar surface area (TPSA) is 36.4 Å². The van der Waals surface area contributed by atoms with E-state index in [0.29, 0.717) is 24.3 Å². The van der Waals surface area contributed by atoms with Gasteiger partial charge in [-0.25, -0.2) is 4.98 Å². The summed E-state index contributed by atoms with van der Waals surface area (Å²) in [5.74, 6) is 1.76. The number of rotatable bonds is 5. The van der Waals surface area contributed by atoms with Gasteiger partial charge in [0.15, 0.2) is 0 Å². The van der Waals surface area contributed by atoms with Crippen molar-refractivity contribution >= 4 is 17.2 Å². The zero-order chi connectivity index (χ0) is 17.1. The quantitative estimate of drug-likeness (QED) is 0.818. The molecule has 2 saturated heterocycles. The van der Waals surface area contributed by atoms with Crippen molar-refractivity contribution in [3.05, 3.63) is 16.1 Å². The van der Waals surface area contributed by atoms with Gasteiger partial charge in [-0.15, -0.1) is 11.3 Å². The van der Waals surface area contributed by atoms with Gasteiger partial charge in [-0.1, -0.05) is 13.8 Å². The summed E-state index contributed by atoms with van der Waals surface area (Å²) in [5, 5.41) is 0. The summed E-state index contributed by atoms with van der Waals surface area (Å²) in [6.45, 7) is 11.1. The predicted octanol–water partition coefficient (Wildman–Crippen LogP) is 3.35. The third-order valence-electron chi connectivity index (χ3n) is 5.51. The monoisotopic (exact) mass is 349 g/mol. The van der Waals surface area contributed by atoms with Gasteiger partial charge in [-0.2, -0.15) is 0 Å². The smallest absolute Gasteiger partial charge is 0.223 e. The number of hydrogen-bond acceptors (Lipinski definition) is 4. The molecule has 2 fully saturated rings. The third-order valence-corrected chi connectivity index (χ3v) is 6.50. The average molecular weight is 350 g/mol. The van der Waals surface area contributed by atoms with Crippen LogP contribution in [0.25, 0.3) is 0 Å². The zero-order valence-corrected chi connectivity index (χ0v) is 16.1. The van der Waals surface area contributed by atoms with Gasteiger partial charge in [0.05, 0.1) is 11.2 Å². The largest absolute Gasteiger partial charge is 0.339 e. The second-order valence-corrected chi connectivity index (χ2v) is 8.80. The number of carbonyl (C=O) groups is 1. The van der Waals surface area contributed by atoms with Gasteiger partial charge in [0, 0.05) is 43.5 Å². The van der Waals surface area contributed by atoms with Crippen LogP contribution < -0.4 is 0 Å².